The molecule has 0 aromatic heterocycles. The predicted molar refractivity (Wildman–Crippen MR) is 80.4 cm³/mol. The molecule has 0 bridgehead atoms. The zero-order chi connectivity index (χ0) is 14.1. The number of nitrogens with zero attached hydrogens (tertiary/aromatic N) is 1. The SMILES string of the molecule is CC1CC(C)N(CC2(CNC(C)(C)C)CCOC2)C1. The molecule has 0 aromatic carbocycles. The third kappa shape index (κ3) is 4.17. The van der Waals surface area contributed by atoms with Gasteiger partial charge in [0.25, 0.3) is 0 Å². The van der Waals surface area contributed by atoms with E-state index in [0.29, 0.717) is 5.41 Å². The summed E-state index contributed by atoms with van der Waals surface area (Å²) in [6, 6.07) is 0.738. The van der Waals surface area contributed by atoms with Gasteiger partial charge in [-0.15, -0.1) is 0 Å². The molecular weight excluding hydrogens is 236 g/mol. The van der Waals surface area contributed by atoms with Crippen molar-refractivity contribution in [3.8, 4) is 0 Å². The molecule has 2 heterocycles. The molecule has 0 aromatic rings. The minimum atomic E-state index is 0.194. The first-order valence-corrected chi connectivity index (χ1v) is 7.87. The highest BCUT2D eigenvalue weighted by Gasteiger charge is 2.40. The second-order valence-corrected chi connectivity index (χ2v) is 8.03. The zero-order valence-corrected chi connectivity index (χ0v) is 13.5. The van der Waals surface area contributed by atoms with Crippen LogP contribution in [0, 0.1) is 11.3 Å². The Hall–Kier alpha value is -0.120. The number of hydrogen-bond acceptors (Lipinski definition) is 3. The molecule has 2 saturated heterocycles. The smallest absolute Gasteiger partial charge is 0.0547 e. The average molecular weight is 268 g/mol. The molecule has 2 aliphatic heterocycles. The third-order valence-corrected chi connectivity index (χ3v) is 4.63. The van der Waals surface area contributed by atoms with Crippen molar-refractivity contribution in [1.82, 2.24) is 10.2 Å². The van der Waals surface area contributed by atoms with Gasteiger partial charge in [0.2, 0.25) is 0 Å². The van der Waals surface area contributed by atoms with Crippen LogP contribution in [0.4, 0.5) is 0 Å². The lowest BCUT2D eigenvalue weighted by Gasteiger charge is -2.37. The van der Waals surface area contributed by atoms with Gasteiger partial charge in [-0.25, -0.2) is 0 Å². The molecule has 0 amide bonds. The second-order valence-electron chi connectivity index (χ2n) is 8.03. The van der Waals surface area contributed by atoms with Crippen LogP contribution in [0.25, 0.3) is 0 Å². The fourth-order valence-electron chi connectivity index (χ4n) is 3.46. The Bertz CT molecular complexity index is 292. The molecule has 3 atom stereocenters. The Kier molecular flexibility index (Phi) is 4.59. The van der Waals surface area contributed by atoms with Gasteiger partial charge in [-0.1, -0.05) is 6.92 Å². The standard InChI is InChI=1S/C16H32N2O/c1-13-8-14(2)18(9-13)11-16(6-7-19-12-16)10-17-15(3,4)5/h13-14,17H,6-12H2,1-5H3. The molecule has 0 spiro atoms. The maximum Gasteiger partial charge on any atom is 0.0547 e. The predicted octanol–water partition coefficient (Wildman–Crippen LogP) is 2.51. The molecule has 3 unspecified atom stereocenters. The molecule has 2 rings (SSSR count). The van der Waals surface area contributed by atoms with Crippen molar-refractivity contribution in [3.05, 3.63) is 0 Å². The van der Waals surface area contributed by atoms with E-state index in [1.165, 1.54) is 25.9 Å². The van der Waals surface area contributed by atoms with E-state index in [2.05, 4.69) is 44.8 Å². The average Bonchev–Trinajstić information content (AvgIpc) is 2.85. The summed E-state index contributed by atoms with van der Waals surface area (Å²) < 4.78 is 5.73. The molecule has 0 radical (unpaired) electrons. The van der Waals surface area contributed by atoms with Crippen LogP contribution in [-0.2, 0) is 4.74 Å². The van der Waals surface area contributed by atoms with E-state index in [9.17, 15) is 0 Å². The molecule has 0 aliphatic carbocycles. The lowest BCUT2D eigenvalue weighted by atomic mass is 9.85. The van der Waals surface area contributed by atoms with E-state index < -0.39 is 0 Å². The van der Waals surface area contributed by atoms with Crippen LogP contribution >= 0.6 is 0 Å². The van der Waals surface area contributed by atoms with Gasteiger partial charge >= 0.3 is 0 Å². The number of hydrogen-bond donors (Lipinski definition) is 1. The number of ether oxygens (including phenoxy) is 1. The fourth-order valence-corrected chi connectivity index (χ4v) is 3.46. The van der Waals surface area contributed by atoms with Gasteiger partial charge in [0.15, 0.2) is 0 Å². The van der Waals surface area contributed by atoms with Crippen LogP contribution in [0.3, 0.4) is 0 Å². The van der Waals surface area contributed by atoms with Crippen LogP contribution in [0.1, 0.15) is 47.5 Å². The summed E-state index contributed by atoms with van der Waals surface area (Å²) in [5.41, 5.74) is 0.519. The van der Waals surface area contributed by atoms with Crippen LogP contribution in [-0.4, -0.2) is 49.3 Å². The Morgan fingerprint density at radius 2 is 2.05 bits per heavy atom. The molecule has 19 heavy (non-hydrogen) atoms. The quantitative estimate of drug-likeness (QED) is 0.848. The Morgan fingerprint density at radius 3 is 2.53 bits per heavy atom. The van der Waals surface area contributed by atoms with Crippen LogP contribution in [0.5, 0.6) is 0 Å². The molecule has 3 nitrogen and oxygen atoms in total. The van der Waals surface area contributed by atoms with Gasteiger partial charge in [-0.2, -0.15) is 0 Å². The highest BCUT2D eigenvalue weighted by atomic mass is 16.5. The van der Waals surface area contributed by atoms with E-state index >= 15 is 0 Å². The molecule has 2 fully saturated rings. The summed E-state index contributed by atoms with van der Waals surface area (Å²) in [6.07, 6.45) is 2.55. The van der Waals surface area contributed by atoms with Gasteiger partial charge in [0, 0.05) is 43.2 Å². The Balaban J connectivity index is 1.95. The minimum absolute atomic E-state index is 0.194. The number of nitrogens with one attached hydrogen (secondary N) is 1. The monoisotopic (exact) mass is 268 g/mol. The van der Waals surface area contributed by atoms with Crippen molar-refractivity contribution in [2.45, 2.75) is 59.0 Å². The topological polar surface area (TPSA) is 24.5 Å². The first-order chi connectivity index (χ1) is 8.80. The largest absolute Gasteiger partial charge is 0.381 e. The van der Waals surface area contributed by atoms with E-state index in [4.69, 9.17) is 4.74 Å². The van der Waals surface area contributed by atoms with Crippen molar-refractivity contribution in [2.24, 2.45) is 11.3 Å². The number of rotatable bonds is 4. The van der Waals surface area contributed by atoms with Crippen molar-refractivity contribution < 1.29 is 4.74 Å². The van der Waals surface area contributed by atoms with Gasteiger partial charge < -0.3 is 10.1 Å². The van der Waals surface area contributed by atoms with Crippen molar-refractivity contribution in [3.63, 3.8) is 0 Å². The summed E-state index contributed by atoms with van der Waals surface area (Å²) in [4.78, 5) is 2.68. The fraction of sp³-hybridized carbons (Fsp3) is 1.00. The van der Waals surface area contributed by atoms with Gasteiger partial charge in [0.1, 0.15) is 0 Å². The first kappa shape index (κ1) is 15.3. The number of likely N-dealkylation sites (tertiary alicyclic amines) is 1. The lowest BCUT2D eigenvalue weighted by Crippen LogP contribution is -2.50. The highest BCUT2D eigenvalue weighted by Crippen LogP contribution is 2.33. The Morgan fingerprint density at radius 1 is 1.32 bits per heavy atom. The highest BCUT2D eigenvalue weighted by molar-refractivity contribution is 4.93. The van der Waals surface area contributed by atoms with E-state index in [1.807, 2.05) is 0 Å². The van der Waals surface area contributed by atoms with Crippen LogP contribution in [0.15, 0.2) is 0 Å². The van der Waals surface area contributed by atoms with E-state index in [0.717, 1.165) is 31.7 Å². The maximum absolute atomic E-state index is 5.73. The molecule has 1 N–H and O–H groups in total. The molecule has 3 heteroatoms. The van der Waals surface area contributed by atoms with Crippen molar-refractivity contribution in [1.29, 1.82) is 0 Å². The molecule has 112 valence electrons. The molecular formula is C16H32N2O. The van der Waals surface area contributed by atoms with Crippen LogP contribution in [0.2, 0.25) is 0 Å². The molecule has 0 saturated carbocycles. The summed E-state index contributed by atoms with van der Waals surface area (Å²) in [6.45, 7) is 16.9. The van der Waals surface area contributed by atoms with Gasteiger partial charge in [0.05, 0.1) is 6.61 Å². The van der Waals surface area contributed by atoms with Crippen molar-refractivity contribution >= 4 is 0 Å². The summed E-state index contributed by atoms with van der Waals surface area (Å²) >= 11 is 0. The molecule has 2 aliphatic rings. The van der Waals surface area contributed by atoms with E-state index in [-0.39, 0.29) is 5.54 Å². The van der Waals surface area contributed by atoms with Crippen molar-refractivity contribution in [2.75, 3.05) is 32.8 Å². The van der Waals surface area contributed by atoms with Crippen LogP contribution < -0.4 is 5.32 Å². The third-order valence-electron chi connectivity index (χ3n) is 4.63. The minimum Gasteiger partial charge on any atom is -0.381 e. The normalized spacial score (nSPS) is 37.1. The van der Waals surface area contributed by atoms with E-state index in [1.54, 1.807) is 0 Å². The Labute approximate surface area is 119 Å². The van der Waals surface area contributed by atoms with Gasteiger partial charge in [-0.3, -0.25) is 4.90 Å². The maximum atomic E-state index is 5.73. The summed E-state index contributed by atoms with van der Waals surface area (Å²) in [5, 5.41) is 3.70. The summed E-state index contributed by atoms with van der Waals surface area (Å²) in [7, 11) is 0. The lowest BCUT2D eigenvalue weighted by molar-refractivity contribution is 0.0990. The zero-order valence-electron chi connectivity index (χ0n) is 13.5. The first-order valence-electron chi connectivity index (χ1n) is 7.87. The second kappa shape index (κ2) is 5.71. The summed E-state index contributed by atoms with van der Waals surface area (Å²) in [5.74, 6) is 0.852. The van der Waals surface area contributed by atoms with Gasteiger partial charge in [-0.05, 0) is 46.5 Å².